The third-order valence-electron chi connectivity index (χ3n) is 3.08. The Morgan fingerprint density at radius 1 is 1.17 bits per heavy atom. The molecule has 0 bridgehead atoms. The van der Waals surface area contributed by atoms with Crippen LogP contribution in [-0.2, 0) is 6.42 Å². The summed E-state index contributed by atoms with van der Waals surface area (Å²) in [5, 5.41) is 0. The van der Waals surface area contributed by atoms with Gasteiger partial charge in [-0.15, -0.1) is 11.3 Å². The van der Waals surface area contributed by atoms with Crippen molar-refractivity contribution in [1.29, 1.82) is 0 Å². The molecule has 0 unspecified atom stereocenters. The maximum absolute atomic E-state index is 13.9. The number of halogens is 1. The van der Waals surface area contributed by atoms with Gasteiger partial charge in [0, 0.05) is 15.3 Å². The summed E-state index contributed by atoms with van der Waals surface area (Å²) < 4.78 is 13.9. The first-order chi connectivity index (χ1) is 8.61. The van der Waals surface area contributed by atoms with Crippen LogP contribution in [0.1, 0.15) is 43.6 Å². The van der Waals surface area contributed by atoms with Crippen LogP contribution >= 0.6 is 11.3 Å². The van der Waals surface area contributed by atoms with Gasteiger partial charge < -0.3 is 0 Å². The van der Waals surface area contributed by atoms with Crippen molar-refractivity contribution in [3.63, 3.8) is 0 Å². The summed E-state index contributed by atoms with van der Waals surface area (Å²) in [6, 6.07) is 9.61. The number of thiophene rings is 1. The first-order valence-corrected chi connectivity index (χ1v) is 7.32. The molecule has 1 aromatic carbocycles. The first-order valence-electron chi connectivity index (χ1n) is 6.50. The van der Waals surface area contributed by atoms with Crippen LogP contribution in [-0.4, -0.2) is 0 Å². The Labute approximate surface area is 112 Å². The van der Waals surface area contributed by atoms with Crippen molar-refractivity contribution >= 4 is 11.3 Å². The quantitative estimate of drug-likeness (QED) is 0.670. The van der Waals surface area contributed by atoms with Crippen LogP contribution in [0, 0.1) is 5.82 Å². The Morgan fingerprint density at radius 2 is 1.94 bits per heavy atom. The number of aryl methyl sites for hydroxylation is 1. The van der Waals surface area contributed by atoms with E-state index in [-0.39, 0.29) is 5.82 Å². The van der Waals surface area contributed by atoms with E-state index in [4.69, 9.17) is 0 Å². The highest BCUT2D eigenvalue weighted by atomic mass is 32.1. The minimum absolute atomic E-state index is 0.121. The van der Waals surface area contributed by atoms with Crippen molar-refractivity contribution in [2.45, 2.75) is 39.5 Å². The fraction of sp³-hybridized carbons (Fsp3) is 0.375. The highest BCUT2D eigenvalue weighted by Gasteiger charge is 2.10. The van der Waals surface area contributed by atoms with Crippen LogP contribution in [0.5, 0.6) is 0 Å². The molecule has 0 nitrogen and oxygen atoms in total. The Morgan fingerprint density at radius 3 is 2.61 bits per heavy atom. The molecule has 0 saturated heterocycles. The summed E-state index contributed by atoms with van der Waals surface area (Å²) in [5.41, 5.74) is 1.94. The summed E-state index contributed by atoms with van der Waals surface area (Å²) in [4.78, 5) is 2.38. The minimum atomic E-state index is -0.121. The van der Waals surface area contributed by atoms with Crippen LogP contribution in [0.2, 0.25) is 0 Å². The molecule has 2 rings (SSSR count). The monoisotopic (exact) mass is 262 g/mol. The van der Waals surface area contributed by atoms with E-state index >= 15 is 0 Å². The normalized spacial score (nSPS) is 11.2. The van der Waals surface area contributed by atoms with Crippen LogP contribution in [0.15, 0.2) is 30.3 Å². The molecular weight excluding hydrogens is 243 g/mol. The molecule has 1 aromatic heterocycles. The predicted octanol–water partition coefficient (Wildman–Crippen LogP) is 5.63. The van der Waals surface area contributed by atoms with Gasteiger partial charge in [0.2, 0.25) is 0 Å². The molecule has 18 heavy (non-hydrogen) atoms. The largest absolute Gasteiger partial charge is 0.206 e. The Hall–Kier alpha value is -1.15. The third kappa shape index (κ3) is 2.81. The average Bonchev–Trinajstić information content (AvgIpc) is 2.78. The second-order valence-corrected chi connectivity index (χ2v) is 6.08. The van der Waals surface area contributed by atoms with Crippen molar-refractivity contribution in [1.82, 2.24) is 0 Å². The van der Waals surface area contributed by atoms with Crippen LogP contribution in [0.25, 0.3) is 10.4 Å². The molecule has 96 valence electrons. The fourth-order valence-electron chi connectivity index (χ4n) is 1.99. The van der Waals surface area contributed by atoms with E-state index < -0.39 is 0 Å². The highest BCUT2D eigenvalue weighted by Crippen LogP contribution is 2.32. The molecule has 0 N–H and O–H groups in total. The lowest BCUT2D eigenvalue weighted by molar-refractivity contribution is 0.630. The van der Waals surface area contributed by atoms with Crippen LogP contribution in [0.3, 0.4) is 0 Å². The second-order valence-electron chi connectivity index (χ2n) is 4.91. The highest BCUT2D eigenvalue weighted by molar-refractivity contribution is 7.15. The summed E-state index contributed by atoms with van der Waals surface area (Å²) in [5.74, 6) is 0.309. The van der Waals surface area contributed by atoms with Crippen molar-refractivity contribution in [3.8, 4) is 10.4 Å². The molecule has 0 atom stereocenters. The topological polar surface area (TPSA) is 0 Å². The molecule has 0 saturated carbocycles. The number of hydrogen-bond acceptors (Lipinski definition) is 1. The van der Waals surface area contributed by atoms with E-state index in [0.29, 0.717) is 5.92 Å². The summed E-state index contributed by atoms with van der Waals surface area (Å²) >= 11 is 1.71. The van der Waals surface area contributed by atoms with E-state index in [0.717, 1.165) is 23.3 Å². The van der Waals surface area contributed by atoms with Gasteiger partial charge in [-0.3, -0.25) is 0 Å². The Balaban J connectivity index is 2.38. The van der Waals surface area contributed by atoms with Gasteiger partial charge in [0.15, 0.2) is 0 Å². The lowest BCUT2D eigenvalue weighted by atomic mass is 10.00. The minimum Gasteiger partial charge on any atom is -0.206 e. The lowest BCUT2D eigenvalue weighted by Gasteiger charge is -2.08. The maximum atomic E-state index is 13.9. The summed E-state index contributed by atoms with van der Waals surface area (Å²) in [6.45, 7) is 6.43. The molecule has 0 aliphatic carbocycles. The standard InChI is InChI=1S/C16H19FS/c1-4-5-13-7-9-16(18-13)14-10-12(11(2)3)6-8-15(14)17/h6-11H,4-5H2,1-3H3. The molecular formula is C16H19FS. The van der Waals surface area contributed by atoms with E-state index in [1.165, 1.54) is 10.4 Å². The SMILES string of the molecule is CCCc1ccc(-c2cc(C(C)C)ccc2F)s1. The predicted molar refractivity (Wildman–Crippen MR) is 77.8 cm³/mol. The van der Waals surface area contributed by atoms with E-state index in [1.54, 1.807) is 17.4 Å². The smallest absolute Gasteiger partial charge is 0.131 e. The number of rotatable bonds is 4. The summed E-state index contributed by atoms with van der Waals surface area (Å²) in [6.07, 6.45) is 2.21. The van der Waals surface area contributed by atoms with Crippen molar-refractivity contribution in [2.75, 3.05) is 0 Å². The zero-order valence-corrected chi connectivity index (χ0v) is 12.0. The maximum Gasteiger partial charge on any atom is 0.131 e. The molecule has 0 amide bonds. The van der Waals surface area contributed by atoms with Crippen LogP contribution in [0.4, 0.5) is 4.39 Å². The van der Waals surface area contributed by atoms with Crippen molar-refractivity contribution in [2.24, 2.45) is 0 Å². The van der Waals surface area contributed by atoms with Gasteiger partial charge in [-0.25, -0.2) is 4.39 Å². The Bertz CT molecular complexity index is 526. The third-order valence-corrected chi connectivity index (χ3v) is 4.26. The van der Waals surface area contributed by atoms with Gasteiger partial charge in [-0.1, -0.05) is 33.3 Å². The molecule has 1 heterocycles. The van der Waals surface area contributed by atoms with Gasteiger partial charge in [0.1, 0.15) is 5.82 Å². The number of benzene rings is 1. The summed E-state index contributed by atoms with van der Waals surface area (Å²) in [7, 11) is 0. The fourth-order valence-corrected chi connectivity index (χ4v) is 3.12. The Kier molecular flexibility index (Phi) is 4.18. The zero-order chi connectivity index (χ0) is 13.1. The van der Waals surface area contributed by atoms with Crippen molar-refractivity contribution in [3.05, 3.63) is 46.6 Å². The molecule has 0 spiro atoms. The van der Waals surface area contributed by atoms with Crippen molar-refractivity contribution < 1.29 is 4.39 Å². The molecule has 2 aromatic rings. The van der Waals surface area contributed by atoms with Gasteiger partial charge >= 0.3 is 0 Å². The molecule has 0 aliphatic heterocycles. The van der Waals surface area contributed by atoms with Gasteiger partial charge in [-0.05, 0) is 42.2 Å². The van der Waals surface area contributed by atoms with Gasteiger partial charge in [0.25, 0.3) is 0 Å². The molecule has 0 radical (unpaired) electrons. The van der Waals surface area contributed by atoms with Crippen LogP contribution < -0.4 is 0 Å². The number of hydrogen-bond donors (Lipinski definition) is 0. The van der Waals surface area contributed by atoms with Gasteiger partial charge in [0.05, 0.1) is 0 Å². The van der Waals surface area contributed by atoms with E-state index in [1.807, 2.05) is 18.2 Å². The second kappa shape index (κ2) is 5.66. The molecule has 0 aliphatic rings. The average molecular weight is 262 g/mol. The molecule has 2 heteroatoms. The van der Waals surface area contributed by atoms with Gasteiger partial charge in [-0.2, -0.15) is 0 Å². The van der Waals surface area contributed by atoms with E-state index in [2.05, 4.69) is 26.8 Å². The lowest BCUT2D eigenvalue weighted by Crippen LogP contribution is -1.90. The first kappa shape index (κ1) is 13.3. The zero-order valence-electron chi connectivity index (χ0n) is 11.2. The molecule has 0 fully saturated rings. The van der Waals surface area contributed by atoms with E-state index in [9.17, 15) is 4.39 Å².